The van der Waals surface area contributed by atoms with Crippen LogP contribution in [0, 0.1) is 0 Å². The molecule has 1 amide bonds. The Hall–Kier alpha value is -3.54. The molecule has 3 rings (SSSR count). The van der Waals surface area contributed by atoms with Gasteiger partial charge in [0.25, 0.3) is 0 Å². The number of amides is 1. The maximum absolute atomic E-state index is 12.2. The van der Waals surface area contributed by atoms with Crippen LogP contribution >= 0.6 is 0 Å². The van der Waals surface area contributed by atoms with Gasteiger partial charge in [-0.3, -0.25) is 4.79 Å². The van der Waals surface area contributed by atoms with E-state index in [2.05, 4.69) is 15.6 Å². The van der Waals surface area contributed by atoms with Crippen LogP contribution in [0.1, 0.15) is 12.5 Å². The van der Waals surface area contributed by atoms with E-state index in [1.807, 2.05) is 61.5 Å². The quantitative estimate of drug-likeness (QED) is 0.608. The van der Waals surface area contributed by atoms with Crippen LogP contribution in [0.5, 0.6) is 11.5 Å². The standard InChI is InChI=1S/C22H23N3O3/c1-3-28-20-7-5-4-6-19(20)24-17-10-13-21(23-15-17)25-22(26)14-16-8-11-18(27-2)12-9-16/h4-13,15,24H,3,14H2,1-2H3,(H,23,25,26). The van der Waals surface area contributed by atoms with Gasteiger partial charge in [-0.25, -0.2) is 4.98 Å². The number of benzene rings is 2. The van der Waals surface area contributed by atoms with Gasteiger partial charge in [0, 0.05) is 0 Å². The lowest BCUT2D eigenvalue weighted by Gasteiger charge is -2.12. The molecule has 144 valence electrons. The Morgan fingerprint density at radius 1 is 1.04 bits per heavy atom. The molecule has 6 heteroatoms. The van der Waals surface area contributed by atoms with Crippen molar-refractivity contribution in [1.82, 2.24) is 4.98 Å². The van der Waals surface area contributed by atoms with Gasteiger partial charge in [-0.1, -0.05) is 24.3 Å². The van der Waals surface area contributed by atoms with E-state index >= 15 is 0 Å². The number of rotatable bonds is 8. The molecule has 3 aromatic rings. The summed E-state index contributed by atoms with van der Waals surface area (Å²) in [5, 5.41) is 6.08. The minimum Gasteiger partial charge on any atom is -0.497 e. The van der Waals surface area contributed by atoms with Crippen LogP contribution in [0.3, 0.4) is 0 Å². The second-order valence-corrected chi connectivity index (χ2v) is 6.06. The summed E-state index contributed by atoms with van der Waals surface area (Å²) in [6.07, 6.45) is 1.94. The molecule has 28 heavy (non-hydrogen) atoms. The number of pyridine rings is 1. The number of ether oxygens (including phenoxy) is 2. The largest absolute Gasteiger partial charge is 0.497 e. The fraction of sp³-hybridized carbons (Fsp3) is 0.182. The molecule has 0 saturated carbocycles. The van der Waals surface area contributed by atoms with Gasteiger partial charge >= 0.3 is 0 Å². The molecule has 0 aliphatic rings. The number of para-hydroxylation sites is 2. The molecule has 2 N–H and O–H groups in total. The lowest BCUT2D eigenvalue weighted by Crippen LogP contribution is -2.15. The van der Waals surface area contributed by atoms with Gasteiger partial charge < -0.3 is 20.1 Å². The number of nitrogens with zero attached hydrogens (tertiary/aromatic N) is 1. The summed E-state index contributed by atoms with van der Waals surface area (Å²) in [5.41, 5.74) is 2.58. The molecule has 0 atom stereocenters. The molecule has 1 aromatic heterocycles. The van der Waals surface area contributed by atoms with E-state index in [-0.39, 0.29) is 12.3 Å². The van der Waals surface area contributed by atoms with Crippen molar-refractivity contribution in [2.75, 3.05) is 24.4 Å². The summed E-state index contributed by atoms with van der Waals surface area (Å²) in [5.74, 6) is 1.92. The molecular weight excluding hydrogens is 354 g/mol. The van der Waals surface area contributed by atoms with Crippen LogP contribution < -0.4 is 20.1 Å². The van der Waals surface area contributed by atoms with E-state index < -0.39 is 0 Å². The molecule has 6 nitrogen and oxygen atoms in total. The molecule has 0 spiro atoms. The lowest BCUT2D eigenvalue weighted by atomic mass is 10.1. The predicted molar refractivity (Wildman–Crippen MR) is 110 cm³/mol. The van der Waals surface area contributed by atoms with Gasteiger partial charge in [0.05, 0.1) is 37.7 Å². The lowest BCUT2D eigenvalue weighted by molar-refractivity contribution is -0.115. The Kier molecular flexibility index (Phi) is 6.46. The third-order valence-electron chi connectivity index (χ3n) is 4.02. The van der Waals surface area contributed by atoms with E-state index in [4.69, 9.17) is 9.47 Å². The van der Waals surface area contributed by atoms with Gasteiger partial charge in [-0.15, -0.1) is 0 Å². The number of anilines is 3. The fourth-order valence-electron chi connectivity index (χ4n) is 2.66. The zero-order valence-corrected chi connectivity index (χ0v) is 15.9. The van der Waals surface area contributed by atoms with Gasteiger partial charge in [-0.2, -0.15) is 0 Å². The van der Waals surface area contributed by atoms with Crippen molar-refractivity contribution in [1.29, 1.82) is 0 Å². The average molecular weight is 377 g/mol. The van der Waals surface area contributed by atoms with Crippen LogP contribution in [0.4, 0.5) is 17.2 Å². The van der Waals surface area contributed by atoms with E-state index in [1.54, 1.807) is 19.4 Å². The van der Waals surface area contributed by atoms with E-state index in [9.17, 15) is 4.79 Å². The second kappa shape index (κ2) is 9.41. The number of hydrogen-bond donors (Lipinski definition) is 2. The minimum atomic E-state index is -0.125. The van der Waals surface area contributed by atoms with E-state index in [0.29, 0.717) is 12.4 Å². The number of hydrogen-bond acceptors (Lipinski definition) is 5. The fourth-order valence-corrected chi connectivity index (χ4v) is 2.66. The predicted octanol–water partition coefficient (Wildman–Crippen LogP) is 4.41. The highest BCUT2D eigenvalue weighted by molar-refractivity contribution is 5.91. The summed E-state index contributed by atoms with van der Waals surface area (Å²) in [6, 6.07) is 18.7. The van der Waals surface area contributed by atoms with Crippen LogP contribution in [-0.2, 0) is 11.2 Å². The number of aromatic nitrogens is 1. The van der Waals surface area contributed by atoms with Crippen molar-refractivity contribution in [2.24, 2.45) is 0 Å². The van der Waals surface area contributed by atoms with E-state index in [1.165, 1.54) is 0 Å². The number of carbonyl (C=O) groups excluding carboxylic acids is 1. The highest BCUT2D eigenvalue weighted by Gasteiger charge is 2.07. The van der Waals surface area contributed by atoms with Crippen LogP contribution in [-0.4, -0.2) is 24.6 Å². The molecule has 0 saturated heterocycles. The molecule has 0 unspecified atom stereocenters. The summed E-state index contributed by atoms with van der Waals surface area (Å²) >= 11 is 0. The second-order valence-electron chi connectivity index (χ2n) is 6.06. The Bertz CT molecular complexity index is 909. The first-order valence-corrected chi connectivity index (χ1v) is 9.05. The summed E-state index contributed by atoms with van der Waals surface area (Å²) in [6.45, 7) is 2.54. The van der Waals surface area contributed by atoms with Gasteiger partial charge in [0.15, 0.2) is 0 Å². The average Bonchev–Trinajstić information content (AvgIpc) is 2.71. The molecule has 1 heterocycles. The molecule has 0 aliphatic carbocycles. The molecule has 0 bridgehead atoms. The smallest absolute Gasteiger partial charge is 0.229 e. The zero-order valence-electron chi connectivity index (χ0n) is 15.9. The van der Waals surface area contributed by atoms with Crippen molar-refractivity contribution >= 4 is 23.1 Å². The third-order valence-corrected chi connectivity index (χ3v) is 4.02. The summed E-state index contributed by atoms with van der Waals surface area (Å²) < 4.78 is 10.7. The van der Waals surface area contributed by atoms with Gasteiger partial charge in [0.2, 0.25) is 5.91 Å². The topological polar surface area (TPSA) is 72.5 Å². The maximum atomic E-state index is 12.2. The summed E-state index contributed by atoms with van der Waals surface area (Å²) in [7, 11) is 1.61. The first kappa shape index (κ1) is 19.2. The molecule has 0 radical (unpaired) electrons. The number of methoxy groups -OCH3 is 1. The Morgan fingerprint density at radius 2 is 1.82 bits per heavy atom. The van der Waals surface area contributed by atoms with Crippen molar-refractivity contribution < 1.29 is 14.3 Å². The number of carbonyl (C=O) groups is 1. The summed E-state index contributed by atoms with van der Waals surface area (Å²) in [4.78, 5) is 16.5. The van der Waals surface area contributed by atoms with Crippen LogP contribution in [0.15, 0.2) is 66.9 Å². The zero-order chi connectivity index (χ0) is 19.8. The molecule has 0 fully saturated rings. The molecule has 0 aliphatic heterocycles. The highest BCUT2D eigenvalue weighted by Crippen LogP contribution is 2.27. The Morgan fingerprint density at radius 3 is 2.50 bits per heavy atom. The monoisotopic (exact) mass is 377 g/mol. The number of nitrogens with one attached hydrogen (secondary N) is 2. The minimum absolute atomic E-state index is 0.125. The molecular formula is C22H23N3O3. The normalized spacial score (nSPS) is 10.2. The van der Waals surface area contributed by atoms with Crippen molar-refractivity contribution in [2.45, 2.75) is 13.3 Å². The third kappa shape index (κ3) is 5.23. The SMILES string of the molecule is CCOc1ccccc1Nc1ccc(NC(=O)Cc2ccc(OC)cc2)nc1. The van der Waals surface area contributed by atoms with Crippen LogP contribution in [0.25, 0.3) is 0 Å². The van der Waals surface area contributed by atoms with Crippen molar-refractivity contribution in [3.05, 3.63) is 72.4 Å². The maximum Gasteiger partial charge on any atom is 0.229 e. The van der Waals surface area contributed by atoms with Crippen molar-refractivity contribution in [3.63, 3.8) is 0 Å². The van der Waals surface area contributed by atoms with Gasteiger partial charge in [0.1, 0.15) is 17.3 Å². The van der Waals surface area contributed by atoms with E-state index in [0.717, 1.165) is 28.4 Å². The Labute approximate surface area is 164 Å². The first-order chi connectivity index (χ1) is 13.7. The Balaban J connectivity index is 1.58. The first-order valence-electron chi connectivity index (χ1n) is 9.05. The highest BCUT2D eigenvalue weighted by atomic mass is 16.5. The van der Waals surface area contributed by atoms with Gasteiger partial charge in [-0.05, 0) is 48.9 Å². The van der Waals surface area contributed by atoms with Crippen molar-refractivity contribution in [3.8, 4) is 11.5 Å². The van der Waals surface area contributed by atoms with Crippen LogP contribution in [0.2, 0.25) is 0 Å². The molecule has 2 aromatic carbocycles.